The summed E-state index contributed by atoms with van der Waals surface area (Å²) in [6.07, 6.45) is 1.58. The van der Waals surface area contributed by atoms with Crippen LogP contribution < -0.4 is 5.32 Å². The molecule has 7 nitrogen and oxygen atoms in total. The first-order valence-electron chi connectivity index (χ1n) is 9.03. The van der Waals surface area contributed by atoms with E-state index in [1.165, 1.54) is 41.0 Å². The molecule has 1 aromatic carbocycles. The van der Waals surface area contributed by atoms with Crippen LogP contribution in [0.4, 0.5) is 0 Å². The molecule has 2 heterocycles. The van der Waals surface area contributed by atoms with E-state index in [0.29, 0.717) is 13.1 Å². The topological polar surface area (TPSA) is 92.8 Å². The second-order valence-corrected chi connectivity index (χ2v) is 9.90. The van der Waals surface area contributed by atoms with Crippen LogP contribution in [0.5, 0.6) is 0 Å². The Balaban J connectivity index is 1.86. The summed E-state index contributed by atoms with van der Waals surface area (Å²) in [5.74, 6) is -1.03. The Morgan fingerprint density at radius 2 is 2.00 bits per heavy atom. The van der Waals surface area contributed by atoms with Crippen molar-refractivity contribution in [2.75, 3.05) is 20.2 Å². The van der Waals surface area contributed by atoms with E-state index in [1.807, 2.05) is 11.4 Å². The molecule has 1 aliphatic heterocycles. The minimum atomic E-state index is -3.68. The highest BCUT2D eigenvalue weighted by atomic mass is 35.5. The van der Waals surface area contributed by atoms with Crippen LogP contribution in [0.25, 0.3) is 0 Å². The molecule has 0 saturated carbocycles. The molecule has 0 bridgehead atoms. The summed E-state index contributed by atoms with van der Waals surface area (Å²) in [6, 6.07) is 7.10. The summed E-state index contributed by atoms with van der Waals surface area (Å²) in [5, 5.41) is 4.73. The van der Waals surface area contributed by atoms with Crippen LogP contribution in [0.3, 0.4) is 0 Å². The normalized spacial score (nSPS) is 15.8. The maximum Gasteiger partial charge on any atom is 0.307 e. The predicted molar refractivity (Wildman–Crippen MR) is 111 cm³/mol. The highest BCUT2D eigenvalue weighted by Crippen LogP contribution is 2.27. The summed E-state index contributed by atoms with van der Waals surface area (Å²) < 4.78 is 31.7. The van der Waals surface area contributed by atoms with Crippen molar-refractivity contribution in [3.63, 3.8) is 0 Å². The molecule has 0 radical (unpaired) electrons. The number of benzene rings is 1. The number of thiophene rings is 1. The van der Waals surface area contributed by atoms with Gasteiger partial charge in [-0.05, 0) is 42.5 Å². The number of sulfonamides is 1. The van der Waals surface area contributed by atoms with Gasteiger partial charge in [0.05, 0.1) is 35.1 Å². The summed E-state index contributed by atoms with van der Waals surface area (Å²) in [4.78, 5) is 25.4. The maximum atomic E-state index is 12.9. The van der Waals surface area contributed by atoms with Gasteiger partial charge in [0.1, 0.15) is 0 Å². The first-order valence-corrected chi connectivity index (χ1v) is 11.7. The molecule has 1 fully saturated rings. The Morgan fingerprint density at radius 1 is 1.28 bits per heavy atom. The van der Waals surface area contributed by atoms with Crippen LogP contribution in [0.2, 0.25) is 5.02 Å². The lowest BCUT2D eigenvalue weighted by Crippen LogP contribution is -2.31. The molecule has 0 spiro atoms. The number of carbonyl (C=O) groups excluding carboxylic acids is 2. The molecule has 1 unspecified atom stereocenters. The Hall–Kier alpha value is -1.94. The zero-order valence-electron chi connectivity index (χ0n) is 15.8. The van der Waals surface area contributed by atoms with Crippen molar-refractivity contribution < 1.29 is 22.7 Å². The van der Waals surface area contributed by atoms with E-state index in [-0.39, 0.29) is 21.9 Å². The van der Waals surface area contributed by atoms with Gasteiger partial charge in [-0.25, -0.2) is 8.42 Å². The van der Waals surface area contributed by atoms with Gasteiger partial charge in [-0.15, -0.1) is 11.3 Å². The minimum Gasteiger partial charge on any atom is -0.469 e. The number of rotatable bonds is 7. The van der Waals surface area contributed by atoms with Crippen molar-refractivity contribution in [3.05, 3.63) is 51.2 Å². The number of halogens is 1. The Labute approximate surface area is 178 Å². The molecule has 156 valence electrons. The van der Waals surface area contributed by atoms with Crippen LogP contribution in [0, 0.1) is 0 Å². The first-order chi connectivity index (χ1) is 13.8. The quantitative estimate of drug-likeness (QED) is 0.646. The van der Waals surface area contributed by atoms with Crippen LogP contribution in [0.1, 0.15) is 40.5 Å². The molecular weight excluding hydrogens is 436 g/mol. The van der Waals surface area contributed by atoms with Crippen molar-refractivity contribution in [3.8, 4) is 0 Å². The van der Waals surface area contributed by atoms with Gasteiger partial charge >= 0.3 is 5.97 Å². The summed E-state index contributed by atoms with van der Waals surface area (Å²) in [7, 11) is -2.41. The van der Waals surface area contributed by atoms with E-state index in [9.17, 15) is 18.0 Å². The largest absolute Gasteiger partial charge is 0.469 e. The third-order valence-corrected chi connectivity index (χ3v) is 7.89. The monoisotopic (exact) mass is 456 g/mol. The SMILES string of the molecule is COC(=O)CC(NC(=O)c1cc(S(=O)(=O)N2CCCC2)ccc1Cl)c1cccs1. The van der Waals surface area contributed by atoms with Gasteiger partial charge in [-0.1, -0.05) is 17.7 Å². The van der Waals surface area contributed by atoms with E-state index in [4.69, 9.17) is 16.3 Å². The second kappa shape index (κ2) is 9.25. The van der Waals surface area contributed by atoms with Crippen molar-refractivity contribution in [1.29, 1.82) is 0 Å². The molecular formula is C19H21ClN2O5S2. The number of nitrogens with zero attached hydrogens (tertiary/aromatic N) is 1. The number of methoxy groups -OCH3 is 1. The lowest BCUT2D eigenvalue weighted by atomic mass is 10.1. The number of hydrogen-bond donors (Lipinski definition) is 1. The van der Waals surface area contributed by atoms with Gasteiger partial charge in [0.15, 0.2) is 0 Å². The Morgan fingerprint density at radius 3 is 2.62 bits per heavy atom. The van der Waals surface area contributed by atoms with Crippen LogP contribution in [-0.4, -0.2) is 44.8 Å². The Kier molecular flexibility index (Phi) is 6.94. The zero-order chi connectivity index (χ0) is 21.0. The van der Waals surface area contributed by atoms with Crippen LogP contribution >= 0.6 is 22.9 Å². The molecule has 1 amide bonds. The number of hydrogen-bond acceptors (Lipinski definition) is 6. The molecule has 1 aromatic heterocycles. The van der Waals surface area contributed by atoms with E-state index in [2.05, 4.69) is 5.32 Å². The standard InChI is InChI=1S/C19H21ClN2O5S2/c1-27-18(23)12-16(17-5-4-10-28-17)21-19(24)14-11-13(6-7-15(14)20)29(25,26)22-8-2-3-9-22/h4-7,10-11,16H,2-3,8-9,12H2,1H3,(H,21,24). The van der Waals surface area contributed by atoms with Crippen molar-refractivity contribution in [2.45, 2.75) is 30.2 Å². The molecule has 2 aromatic rings. The van der Waals surface area contributed by atoms with Gasteiger partial charge in [0.2, 0.25) is 10.0 Å². The highest BCUT2D eigenvalue weighted by molar-refractivity contribution is 7.89. The summed E-state index contributed by atoms with van der Waals surface area (Å²) in [5.41, 5.74) is 0.0401. The minimum absolute atomic E-state index is 0.0228. The van der Waals surface area contributed by atoms with Crippen LogP contribution in [-0.2, 0) is 19.6 Å². The number of ether oxygens (including phenoxy) is 1. The fourth-order valence-electron chi connectivity index (χ4n) is 3.11. The fraction of sp³-hybridized carbons (Fsp3) is 0.368. The predicted octanol–water partition coefficient (Wildman–Crippen LogP) is 3.22. The lowest BCUT2D eigenvalue weighted by Gasteiger charge is -2.19. The van der Waals surface area contributed by atoms with E-state index >= 15 is 0 Å². The summed E-state index contributed by atoms with van der Waals surface area (Å²) in [6.45, 7) is 0.929. The molecule has 10 heteroatoms. The molecule has 3 rings (SSSR count). The molecule has 29 heavy (non-hydrogen) atoms. The van der Waals surface area contributed by atoms with Gasteiger partial charge in [0.25, 0.3) is 5.91 Å². The number of amides is 1. The number of carbonyl (C=O) groups is 2. The van der Waals surface area contributed by atoms with Gasteiger partial charge in [-0.3, -0.25) is 9.59 Å². The van der Waals surface area contributed by atoms with E-state index < -0.39 is 27.9 Å². The van der Waals surface area contributed by atoms with Crippen molar-refractivity contribution in [1.82, 2.24) is 9.62 Å². The Bertz CT molecular complexity index is 986. The van der Waals surface area contributed by atoms with E-state index in [0.717, 1.165) is 17.7 Å². The van der Waals surface area contributed by atoms with Crippen molar-refractivity contribution in [2.24, 2.45) is 0 Å². The third-order valence-electron chi connectivity index (χ3n) is 4.68. The lowest BCUT2D eigenvalue weighted by molar-refractivity contribution is -0.141. The molecule has 0 aliphatic carbocycles. The maximum absolute atomic E-state index is 12.9. The summed E-state index contributed by atoms with van der Waals surface area (Å²) >= 11 is 7.57. The average Bonchev–Trinajstić information content (AvgIpc) is 3.41. The molecule has 1 saturated heterocycles. The van der Waals surface area contributed by atoms with Gasteiger partial charge < -0.3 is 10.1 Å². The number of nitrogens with one attached hydrogen (secondary N) is 1. The fourth-order valence-corrected chi connectivity index (χ4v) is 5.64. The first kappa shape index (κ1) is 21.8. The highest BCUT2D eigenvalue weighted by Gasteiger charge is 2.29. The average molecular weight is 457 g/mol. The van der Waals surface area contributed by atoms with E-state index in [1.54, 1.807) is 6.07 Å². The van der Waals surface area contributed by atoms with Gasteiger partial charge in [0, 0.05) is 18.0 Å². The molecule has 1 atom stereocenters. The van der Waals surface area contributed by atoms with Gasteiger partial charge in [-0.2, -0.15) is 4.31 Å². The van der Waals surface area contributed by atoms with Crippen molar-refractivity contribution >= 4 is 44.8 Å². The second-order valence-electron chi connectivity index (χ2n) is 6.57. The smallest absolute Gasteiger partial charge is 0.307 e. The third kappa shape index (κ3) is 4.98. The van der Waals surface area contributed by atoms with Crippen LogP contribution in [0.15, 0.2) is 40.6 Å². The number of esters is 1. The zero-order valence-corrected chi connectivity index (χ0v) is 18.1. The molecule has 1 N–H and O–H groups in total. The molecule has 1 aliphatic rings.